The van der Waals surface area contributed by atoms with Gasteiger partial charge in [-0.1, -0.05) is 0 Å². The Morgan fingerprint density at radius 3 is 2.35 bits per heavy atom. The van der Waals surface area contributed by atoms with Crippen LogP contribution in [0.1, 0.15) is 26.2 Å². The lowest BCUT2D eigenvalue weighted by Crippen LogP contribution is -2.36. The normalized spacial score (nSPS) is 11.7. The van der Waals surface area contributed by atoms with Gasteiger partial charge in [-0.15, -0.1) is 0 Å². The highest BCUT2D eigenvalue weighted by molar-refractivity contribution is 5.79. The quantitative estimate of drug-likeness (QED) is 0.278. The minimum atomic E-state index is -0.625. The van der Waals surface area contributed by atoms with Gasteiger partial charge in [-0.25, -0.2) is 0 Å². The molecule has 0 aliphatic heterocycles. The molecule has 0 aliphatic carbocycles. The van der Waals surface area contributed by atoms with Crippen molar-refractivity contribution in [2.24, 2.45) is 11.5 Å². The van der Waals surface area contributed by atoms with Gasteiger partial charge in [0.05, 0.1) is 25.9 Å². The molecule has 0 saturated heterocycles. The maximum atomic E-state index is 11.4. The average molecular weight is 332 g/mol. The van der Waals surface area contributed by atoms with Crippen molar-refractivity contribution in [2.45, 2.75) is 32.2 Å². The van der Waals surface area contributed by atoms with E-state index < -0.39 is 11.9 Å². The number of nitrogens with two attached hydrogens (primary N) is 2. The molecule has 6 N–H and O–H groups in total. The van der Waals surface area contributed by atoms with Crippen LogP contribution in [0.5, 0.6) is 0 Å². The molecule has 0 bridgehead atoms. The largest absolute Gasteiger partial charge is 0.377 e. The van der Waals surface area contributed by atoms with E-state index in [4.69, 9.17) is 20.9 Å². The van der Waals surface area contributed by atoms with Crippen molar-refractivity contribution in [1.29, 1.82) is 0 Å². The van der Waals surface area contributed by atoms with Crippen LogP contribution in [0.4, 0.5) is 0 Å². The number of rotatable bonds is 14. The maximum absolute atomic E-state index is 11.4. The van der Waals surface area contributed by atoms with Gasteiger partial charge in [-0.05, 0) is 19.3 Å². The third-order valence-corrected chi connectivity index (χ3v) is 2.86. The lowest BCUT2D eigenvalue weighted by Gasteiger charge is -2.08. The van der Waals surface area contributed by atoms with Crippen molar-refractivity contribution >= 4 is 17.7 Å². The Labute approximate surface area is 136 Å². The van der Waals surface area contributed by atoms with Crippen LogP contribution in [-0.4, -0.2) is 63.3 Å². The fourth-order valence-corrected chi connectivity index (χ4v) is 1.59. The van der Waals surface area contributed by atoms with Crippen molar-refractivity contribution in [3.63, 3.8) is 0 Å². The van der Waals surface area contributed by atoms with Gasteiger partial charge in [0.25, 0.3) is 0 Å². The number of carbonyl (C=O) groups is 3. The molecule has 0 spiro atoms. The average Bonchev–Trinajstić information content (AvgIpc) is 2.48. The first-order chi connectivity index (χ1) is 10.9. The van der Waals surface area contributed by atoms with Gasteiger partial charge in [-0.2, -0.15) is 0 Å². The summed E-state index contributed by atoms with van der Waals surface area (Å²) in [5, 5.41) is 5.30. The predicted molar refractivity (Wildman–Crippen MR) is 84.4 cm³/mol. The Balaban J connectivity index is 3.31. The number of unbranched alkanes of at least 4 members (excludes halogenated alkanes) is 1. The fraction of sp³-hybridized carbons (Fsp3) is 0.786. The molecule has 23 heavy (non-hydrogen) atoms. The molecule has 1 atom stereocenters. The second-order valence-corrected chi connectivity index (χ2v) is 5.00. The summed E-state index contributed by atoms with van der Waals surface area (Å²) in [7, 11) is 0. The van der Waals surface area contributed by atoms with Crippen molar-refractivity contribution in [3.05, 3.63) is 0 Å². The van der Waals surface area contributed by atoms with Crippen LogP contribution < -0.4 is 22.1 Å². The predicted octanol–water partition coefficient (Wildman–Crippen LogP) is -1.75. The number of ether oxygens (including phenoxy) is 2. The number of nitrogens with one attached hydrogen (secondary N) is 2. The number of hydrogen-bond donors (Lipinski definition) is 4. The molecule has 0 heterocycles. The highest BCUT2D eigenvalue weighted by Crippen LogP contribution is 1.97. The third kappa shape index (κ3) is 15.0. The Kier molecular flexibility index (Phi) is 12.9. The Bertz CT molecular complexity index is 365. The molecule has 0 fully saturated rings. The topological polar surface area (TPSA) is 146 Å². The van der Waals surface area contributed by atoms with E-state index in [1.165, 1.54) is 6.92 Å². The standard InChI is InChI=1S/C14H28N4O5/c1-11(19)17-6-7-22-8-9-23-10-13(20)18-5-3-2-4-12(15)14(16)21/h12H,2-10,15H2,1H3,(H2,16,21)(H,17,19)(H,18,20)/t12-/m0/s1. The summed E-state index contributed by atoms with van der Waals surface area (Å²) in [6, 6.07) is -0.625. The van der Waals surface area contributed by atoms with E-state index in [0.29, 0.717) is 45.8 Å². The van der Waals surface area contributed by atoms with Crippen LogP contribution in [0.2, 0.25) is 0 Å². The van der Waals surface area contributed by atoms with Crippen LogP contribution >= 0.6 is 0 Å². The van der Waals surface area contributed by atoms with E-state index in [1.54, 1.807) is 0 Å². The maximum Gasteiger partial charge on any atom is 0.245 e. The molecular weight excluding hydrogens is 304 g/mol. The van der Waals surface area contributed by atoms with Crippen molar-refractivity contribution in [2.75, 3.05) is 39.5 Å². The minimum absolute atomic E-state index is 0.0319. The molecule has 3 amide bonds. The monoisotopic (exact) mass is 332 g/mol. The summed E-state index contributed by atoms with van der Waals surface area (Å²) in [5.41, 5.74) is 10.5. The number of amides is 3. The van der Waals surface area contributed by atoms with Gasteiger partial charge < -0.3 is 31.6 Å². The highest BCUT2D eigenvalue weighted by Gasteiger charge is 2.08. The fourth-order valence-electron chi connectivity index (χ4n) is 1.59. The molecule has 134 valence electrons. The van der Waals surface area contributed by atoms with E-state index in [9.17, 15) is 14.4 Å². The molecule has 0 rings (SSSR count). The number of hydrogen-bond acceptors (Lipinski definition) is 6. The first-order valence-electron chi connectivity index (χ1n) is 7.65. The van der Waals surface area contributed by atoms with Crippen molar-refractivity contribution < 1.29 is 23.9 Å². The second kappa shape index (κ2) is 13.9. The molecule has 0 radical (unpaired) electrons. The molecule has 0 saturated carbocycles. The van der Waals surface area contributed by atoms with Crippen LogP contribution in [-0.2, 0) is 23.9 Å². The summed E-state index contributed by atoms with van der Waals surface area (Å²) in [4.78, 5) is 32.7. The smallest absolute Gasteiger partial charge is 0.245 e. The number of primary amides is 1. The zero-order chi connectivity index (χ0) is 17.5. The summed E-state index contributed by atoms with van der Waals surface area (Å²) < 4.78 is 10.3. The Morgan fingerprint density at radius 1 is 1.00 bits per heavy atom. The first-order valence-corrected chi connectivity index (χ1v) is 7.65. The molecule has 0 aliphatic rings. The lowest BCUT2D eigenvalue weighted by molar-refractivity contribution is -0.126. The summed E-state index contributed by atoms with van der Waals surface area (Å²) in [5.74, 6) is -0.817. The lowest BCUT2D eigenvalue weighted by atomic mass is 10.1. The van der Waals surface area contributed by atoms with Gasteiger partial charge in [0.1, 0.15) is 6.61 Å². The van der Waals surface area contributed by atoms with Crippen LogP contribution in [0, 0.1) is 0 Å². The van der Waals surface area contributed by atoms with Crippen LogP contribution in [0.25, 0.3) is 0 Å². The van der Waals surface area contributed by atoms with Crippen molar-refractivity contribution in [3.8, 4) is 0 Å². The second-order valence-electron chi connectivity index (χ2n) is 5.00. The van der Waals surface area contributed by atoms with E-state index >= 15 is 0 Å². The van der Waals surface area contributed by atoms with Gasteiger partial charge in [0, 0.05) is 20.0 Å². The minimum Gasteiger partial charge on any atom is -0.377 e. The first kappa shape index (κ1) is 21.3. The Morgan fingerprint density at radius 2 is 1.70 bits per heavy atom. The third-order valence-electron chi connectivity index (χ3n) is 2.86. The molecular formula is C14H28N4O5. The summed E-state index contributed by atoms with van der Waals surface area (Å²) in [6.45, 7) is 3.43. The van der Waals surface area contributed by atoms with E-state index in [-0.39, 0.29) is 18.4 Å². The number of carbonyl (C=O) groups excluding carboxylic acids is 3. The van der Waals surface area contributed by atoms with Crippen LogP contribution in [0.15, 0.2) is 0 Å². The molecule has 0 unspecified atom stereocenters. The van der Waals surface area contributed by atoms with E-state index in [2.05, 4.69) is 10.6 Å². The summed E-state index contributed by atoms with van der Waals surface area (Å²) in [6.07, 6.45) is 1.95. The zero-order valence-corrected chi connectivity index (χ0v) is 13.6. The van der Waals surface area contributed by atoms with Gasteiger partial charge in [0.2, 0.25) is 17.7 Å². The van der Waals surface area contributed by atoms with Gasteiger partial charge in [0.15, 0.2) is 0 Å². The molecule has 9 heteroatoms. The van der Waals surface area contributed by atoms with Gasteiger partial charge >= 0.3 is 0 Å². The SMILES string of the molecule is CC(=O)NCCOCCOCC(=O)NCCCC[C@H](N)C(N)=O. The zero-order valence-electron chi connectivity index (χ0n) is 13.6. The molecule has 0 aromatic heterocycles. The van der Waals surface area contributed by atoms with Gasteiger partial charge in [-0.3, -0.25) is 14.4 Å². The van der Waals surface area contributed by atoms with E-state index in [0.717, 1.165) is 6.42 Å². The highest BCUT2D eigenvalue weighted by atomic mass is 16.5. The molecule has 9 nitrogen and oxygen atoms in total. The summed E-state index contributed by atoms with van der Waals surface area (Å²) >= 11 is 0. The Hall–Kier alpha value is -1.71. The molecule has 0 aromatic rings. The van der Waals surface area contributed by atoms with Crippen molar-refractivity contribution in [1.82, 2.24) is 10.6 Å². The van der Waals surface area contributed by atoms with Crippen LogP contribution in [0.3, 0.4) is 0 Å². The molecule has 0 aromatic carbocycles. The van der Waals surface area contributed by atoms with E-state index in [1.807, 2.05) is 0 Å².